The zero-order chi connectivity index (χ0) is 27.5. The van der Waals surface area contributed by atoms with E-state index in [2.05, 4.69) is 0 Å². The summed E-state index contributed by atoms with van der Waals surface area (Å²) in [5.74, 6) is -1.39. The number of rotatable bonds is 6. The summed E-state index contributed by atoms with van der Waals surface area (Å²) in [4.78, 5) is 36.5. The van der Waals surface area contributed by atoms with Crippen molar-refractivity contribution in [3.05, 3.63) is 115 Å². The molecule has 0 saturated heterocycles. The van der Waals surface area contributed by atoms with Crippen LogP contribution in [0.25, 0.3) is 6.08 Å². The van der Waals surface area contributed by atoms with E-state index in [0.29, 0.717) is 10.0 Å². The van der Waals surface area contributed by atoms with Crippen LogP contribution in [0.4, 0.5) is 5.69 Å². The lowest BCUT2D eigenvalue weighted by Crippen LogP contribution is -2.34. The van der Waals surface area contributed by atoms with Gasteiger partial charge in [-0.15, -0.1) is 0 Å². The summed E-state index contributed by atoms with van der Waals surface area (Å²) in [5, 5.41) is 18.4. The molecule has 0 radical (unpaired) electrons. The number of amides is 1. The smallest absolute Gasteiger partial charge is 0.338 e. The molecule has 1 aliphatic heterocycles. The first-order valence-electron chi connectivity index (χ1n) is 12.3. The minimum Gasteiger partial charge on any atom is -0.452 e. The van der Waals surface area contributed by atoms with Gasteiger partial charge in [-0.25, -0.2) is 9.80 Å². The number of hydrazone groups is 1. The highest BCUT2D eigenvalue weighted by molar-refractivity contribution is 6.31. The molecule has 3 aromatic carbocycles. The van der Waals surface area contributed by atoms with E-state index >= 15 is 0 Å². The first kappa shape index (κ1) is 26.6. The van der Waals surface area contributed by atoms with Crippen molar-refractivity contribution in [3.8, 4) is 0 Å². The summed E-state index contributed by atoms with van der Waals surface area (Å²) in [6, 6.07) is 19.6. The first-order valence-corrected chi connectivity index (χ1v) is 13.1. The van der Waals surface area contributed by atoms with Crippen LogP contribution in [0.2, 0.25) is 10.0 Å². The minimum absolute atomic E-state index is 0.0144. The van der Waals surface area contributed by atoms with Gasteiger partial charge in [-0.1, -0.05) is 53.5 Å². The zero-order valence-electron chi connectivity index (χ0n) is 20.6. The number of esters is 1. The number of nitrogens with zero attached hydrogens (tertiary/aromatic N) is 3. The van der Waals surface area contributed by atoms with E-state index < -0.39 is 29.4 Å². The van der Waals surface area contributed by atoms with Crippen LogP contribution in [0.1, 0.15) is 46.8 Å². The van der Waals surface area contributed by atoms with E-state index in [1.807, 2.05) is 42.5 Å². The van der Waals surface area contributed by atoms with Crippen molar-refractivity contribution in [3.63, 3.8) is 0 Å². The molecule has 1 amide bonds. The fraction of sp³-hybridized carbons (Fsp3) is 0.207. The van der Waals surface area contributed by atoms with Gasteiger partial charge in [-0.2, -0.15) is 5.10 Å². The van der Waals surface area contributed by atoms with Crippen molar-refractivity contribution >= 4 is 52.6 Å². The zero-order valence-corrected chi connectivity index (χ0v) is 22.1. The standard InChI is InChI=1S/C29H23Cl2N3O5/c30-22-12-10-19(11-13-22)28-25-9-3-5-20(14-18-4-1-7-23(31)15-18)27(25)32-33(28)26(35)17-39-29(36)21-6-2-8-24(16-21)34(37)38/h1-2,4,6-8,10-16,25,28H,3,5,9,17H2. The first-order chi connectivity index (χ1) is 18.8. The Morgan fingerprint density at radius 2 is 1.82 bits per heavy atom. The van der Waals surface area contributed by atoms with Crippen molar-refractivity contribution in [2.24, 2.45) is 11.0 Å². The number of allylic oxidation sites excluding steroid dienone is 1. The maximum Gasteiger partial charge on any atom is 0.338 e. The van der Waals surface area contributed by atoms with Gasteiger partial charge in [0.15, 0.2) is 6.61 Å². The summed E-state index contributed by atoms with van der Waals surface area (Å²) in [6.07, 6.45) is 4.60. The number of non-ortho nitro benzene ring substituents is 1. The molecular formula is C29H23Cl2N3O5. The Hall–Kier alpha value is -4.01. The Morgan fingerprint density at radius 3 is 2.56 bits per heavy atom. The van der Waals surface area contributed by atoms with Crippen LogP contribution >= 0.6 is 23.2 Å². The van der Waals surface area contributed by atoms with Gasteiger partial charge < -0.3 is 4.74 Å². The van der Waals surface area contributed by atoms with Gasteiger partial charge in [-0.05, 0) is 72.4 Å². The van der Waals surface area contributed by atoms with Crippen LogP contribution in [0.3, 0.4) is 0 Å². The van der Waals surface area contributed by atoms with Crippen LogP contribution in [0.15, 0.2) is 83.5 Å². The van der Waals surface area contributed by atoms with Crippen molar-refractivity contribution in [1.29, 1.82) is 0 Å². The molecule has 0 bridgehead atoms. The number of carbonyl (C=O) groups is 2. The van der Waals surface area contributed by atoms with Gasteiger partial charge in [0.25, 0.3) is 11.6 Å². The van der Waals surface area contributed by atoms with E-state index in [0.717, 1.165) is 47.7 Å². The Morgan fingerprint density at radius 1 is 1.05 bits per heavy atom. The minimum atomic E-state index is -0.832. The number of benzene rings is 3. The Bertz CT molecular complexity index is 1500. The second kappa shape index (κ2) is 11.4. The lowest BCUT2D eigenvalue weighted by Gasteiger charge is -2.29. The van der Waals surface area contributed by atoms with Crippen LogP contribution in [0.5, 0.6) is 0 Å². The van der Waals surface area contributed by atoms with E-state index in [4.69, 9.17) is 33.0 Å². The molecule has 0 N–H and O–H groups in total. The molecule has 10 heteroatoms. The number of hydrogen-bond acceptors (Lipinski definition) is 6. The quantitative estimate of drug-likeness (QED) is 0.185. The highest BCUT2D eigenvalue weighted by atomic mass is 35.5. The molecule has 2 atom stereocenters. The Labute approximate surface area is 234 Å². The SMILES string of the molecule is O=C(OCC(=O)N1N=C2C(=Cc3cccc(Cl)c3)CCCC2C1c1ccc(Cl)cc1)c1cccc([N+](=O)[O-])c1. The number of fused-ring (bicyclic) bond motifs is 1. The number of nitro benzene ring substituents is 1. The molecule has 1 saturated carbocycles. The van der Waals surface area contributed by atoms with E-state index in [9.17, 15) is 19.7 Å². The maximum atomic E-state index is 13.4. The van der Waals surface area contributed by atoms with E-state index in [1.165, 1.54) is 23.2 Å². The van der Waals surface area contributed by atoms with Crippen LogP contribution in [-0.2, 0) is 9.53 Å². The van der Waals surface area contributed by atoms with E-state index in [-0.39, 0.29) is 17.2 Å². The monoisotopic (exact) mass is 563 g/mol. The molecule has 1 fully saturated rings. The molecule has 0 aromatic heterocycles. The van der Waals surface area contributed by atoms with E-state index in [1.54, 1.807) is 12.1 Å². The summed E-state index contributed by atoms with van der Waals surface area (Å²) < 4.78 is 5.26. The number of hydrogen-bond donors (Lipinski definition) is 0. The molecule has 1 aliphatic carbocycles. The second-order valence-corrected chi connectivity index (χ2v) is 10.2. The molecule has 0 spiro atoms. The van der Waals surface area contributed by atoms with Crippen LogP contribution < -0.4 is 0 Å². The molecule has 2 unspecified atom stereocenters. The summed E-state index contributed by atoms with van der Waals surface area (Å²) >= 11 is 12.3. The average molecular weight is 564 g/mol. The third-order valence-corrected chi connectivity index (χ3v) is 7.26. The van der Waals surface area contributed by atoms with Gasteiger partial charge >= 0.3 is 5.97 Å². The van der Waals surface area contributed by atoms with Gasteiger partial charge in [0, 0.05) is 28.1 Å². The third kappa shape index (κ3) is 5.87. The molecule has 8 nitrogen and oxygen atoms in total. The maximum absolute atomic E-state index is 13.4. The predicted molar refractivity (Wildman–Crippen MR) is 149 cm³/mol. The van der Waals surface area contributed by atoms with Crippen molar-refractivity contribution in [2.45, 2.75) is 25.3 Å². The van der Waals surface area contributed by atoms with Crippen molar-refractivity contribution in [1.82, 2.24) is 5.01 Å². The largest absolute Gasteiger partial charge is 0.452 e. The Kier molecular flexibility index (Phi) is 7.77. The summed E-state index contributed by atoms with van der Waals surface area (Å²) in [5.41, 5.74) is 3.40. The lowest BCUT2D eigenvalue weighted by molar-refractivity contribution is -0.384. The molecule has 198 valence electrons. The molecule has 3 aromatic rings. The average Bonchev–Trinajstić information content (AvgIpc) is 3.33. The molecule has 5 rings (SSSR count). The number of halogens is 2. The second-order valence-electron chi connectivity index (χ2n) is 9.33. The van der Waals surface area contributed by atoms with Gasteiger partial charge in [0.1, 0.15) is 0 Å². The molecular weight excluding hydrogens is 541 g/mol. The normalized spacial score (nSPS) is 19.4. The highest BCUT2D eigenvalue weighted by Crippen LogP contribution is 2.44. The topological polar surface area (TPSA) is 102 Å². The number of nitro groups is 1. The summed E-state index contributed by atoms with van der Waals surface area (Å²) in [7, 11) is 0. The molecule has 1 heterocycles. The fourth-order valence-corrected chi connectivity index (χ4v) is 5.35. The lowest BCUT2D eigenvalue weighted by atomic mass is 9.77. The fourth-order valence-electron chi connectivity index (χ4n) is 5.02. The molecule has 39 heavy (non-hydrogen) atoms. The highest BCUT2D eigenvalue weighted by Gasteiger charge is 2.43. The summed E-state index contributed by atoms with van der Waals surface area (Å²) in [6.45, 7) is -0.567. The van der Waals surface area contributed by atoms with Crippen LogP contribution in [-0.4, -0.2) is 34.1 Å². The number of carbonyl (C=O) groups excluding carboxylic acids is 2. The van der Waals surface area contributed by atoms with Crippen molar-refractivity contribution < 1.29 is 19.2 Å². The predicted octanol–water partition coefficient (Wildman–Crippen LogP) is 6.88. The van der Waals surface area contributed by atoms with Crippen LogP contribution in [0, 0.1) is 16.0 Å². The van der Waals surface area contributed by atoms with Gasteiger partial charge in [0.2, 0.25) is 0 Å². The third-order valence-electron chi connectivity index (χ3n) is 6.78. The van der Waals surface area contributed by atoms with Gasteiger partial charge in [-0.3, -0.25) is 14.9 Å². The Balaban J connectivity index is 1.42. The molecule has 2 aliphatic rings. The van der Waals surface area contributed by atoms with Gasteiger partial charge in [0.05, 0.1) is 22.2 Å². The van der Waals surface area contributed by atoms with Crippen molar-refractivity contribution in [2.75, 3.05) is 6.61 Å². The number of ether oxygens (including phenoxy) is 1.